The van der Waals surface area contributed by atoms with Crippen LogP contribution >= 0.6 is 128 Å². The maximum absolute atomic E-state index is 14.0. The summed E-state index contributed by atoms with van der Waals surface area (Å²) in [6, 6.07) is 94.5. The highest BCUT2D eigenvalue weighted by atomic mass is 79.9. The number of nitro benzene ring substituents is 3. The highest BCUT2D eigenvalue weighted by molar-refractivity contribution is 9.11. The number of para-hydroxylation sites is 3. The number of hydrogen-bond donors (Lipinski definition) is 2. The van der Waals surface area contributed by atoms with Crippen molar-refractivity contribution in [1.29, 1.82) is 0 Å². The predicted molar refractivity (Wildman–Crippen MR) is 544 cm³/mol. The SMILES string of the molecule is Cc1nc2cccc3c2n1-c1ccc(-c2c4ccccc4c(-c4ccccc4)c4ccccc24)cc1S3(=O)=O.Cc1nc2cccc3c2n1-c1ccc(Br)cc1S3.Cc1nc2cccc3c2n1-c1ccc(Br)cc1S3(=O)=O.Nc1cccc2c1Cc1ccc(Br)cc1S2.O=[N+]([O-])c1cccc([N+](=O)[O-])c1Cc1ccc(Br)cc1S.O=[N+]([O-])c1cccc2c1Cc1ccc(Br)cc1S2. The fourth-order valence-corrected chi connectivity index (χ4v) is 27.1. The molecule has 16 aromatic carbocycles. The molecule has 0 aliphatic carbocycles. The number of halogens is 5. The standard InChI is InChI=1S/C34H22N2O2S.C14H9BrN2O2S.C14H9BrN2S.C13H9BrN2O4S.C13H8BrNO2S.C13H10BrNS/c1-21-35-28-16-9-17-30-34(28)36(21)29-19-18-23(20-31(29)39(30,37)38)33-26-14-7-5-12-24(26)32(22-10-3-2-4-11-22)25-13-6-8-15-27(25)33;1-8-16-10-3-2-4-12-14(10)17(8)11-6-5-9(15)7-13(11)20(12,18)19;1-8-16-10-3-2-4-12-14(10)17(8)11-6-5-9(15)7-13(11)18-12;14-9-5-4-8(13(21)7-9)6-10-11(15(17)18)2-1-3-12(10)16(19)20;14-9-5-4-8-6-10-11(15(16)17)2-1-3-12(10)18-13(8)7-9;14-9-5-4-8-6-10-11(15)2-1-3-12(10)16-13(8)7-9/h2-20H,1H3;2-7H,1H3;2-7H,1H3;1-5,7,21H,6H2;1-5,7H,6H2;1-5,7H,6,15H2. The molecule has 0 spiro atoms. The molecule has 2 N–H and O–H groups in total. The van der Waals surface area contributed by atoms with Crippen LogP contribution in [0.5, 0.6) is 0 Å². The number of benzene rings is 16. The number of hydrogen-bond acceptors (Lipinski definition) is 18. The summed E-state index contributed by atoms with van der Waals surface area (Å²) in [4.78, 5) is 54.6. The summed E-state index contributed by atoms with van der Waals surface area (Å²) in [5.74, 6) is 2.59. The monoisotopic (exact) mass is 2170 g/mol. The summed E-state index contributed by atoms with van der Waals surface area (Å²) < 4.78 is 64.5. The van der Waals surface area contributed by atoms with Gasteiger partial charge in [0.15, 0.2) is 0 Å². The quantitative estimate of drug-likeness (QED) is 0.0493. The van der Waals surface area contributed by atoms with Gasteiger partial charge in [-0.3, -0.25) is 44.0 Å². The second-order valence-electron chi connectivity index (χ2n) is 31.2. The maximum Gasteiger partial charge on any atom is 0.279 e. The number of rotatable bonds is 7. The summed E-state index contributed by atoms with van der Waals surface area (Å²) >= 11 is 26.6. The molecule has 132 heavy (non-hydrogen) atoms. The van der Waals surface area contributed by atoms with Crippen LogP contribution in [0.15, 0.2) is 373 Å². The Morgan fingerprint density at radius 1 is 0.371 bits per heavy atom. The van der Waals surface area contributed by atoms with Crippen LogP contribution in [0.3, 0.4) is 0 Å². The number of anilines is 1. The van der Waals surface area contributed by atoms with Gasteiger partial charge < -0.3 is 5.73 Å². The van der Waals surface area contributed by atoms with E-state index < -0.39 is 29.5 Å². The van der Waals surface area contributed by atoms with Crippen molar-refractivity contribution in [2.45, 2.75) is 93.9 Å². The van der Waals surface area contributed by atoms with Crippen LogP contribution in [0.4, 0.5) is 22.7 Å². The van der Waals surface area contributed by atoms with Crippen LogP contribution in [0, 0.1) is 51.1 Å². The molecule has 0 amide bonds. The van der Waals surface area contributed by atoms with Crippen LogP contribution in [0.2, 0.25) is 0 Å². The van der Waals surface area contributed by atoms with E-state index in [2.05, 4.69) is 246 Å². The van der Waals surface area contributed by atoms with Gasteiger partial charge in [-0.2, -0.15) is 0 Å². The number of nitrogen functional groups attached to an aromatic ring is 1. The van der Waals surface area contributed by atoms with Crippen molar-refractivity contribution in [3.63, 3.8) is 0 Å². The van der Waals surface area contributed by atoms with Crippen molar-refractivity contribution in [1.82, 2.24) is 28.7 Å². The van der Waals surface area contributed by atoms with E-state index in [0.717, 1.165) is 117 Å². The zero-order valence-electron chi connectivity index (χ0n) is 69.5. The van der Waals surface area contributed by atoms with Gasteiger partial charge in [-0.05, 0) is 232 Å². The molecule has 8 heterocycles. The molecule has 20 nitrogen and oxygen atoms in total. The van der Waals surface area contributed by atoms with Crippen LogP contribution in [-0.4, -0.2) is 60.3 Å². The molecule has 0 atom stereocenters. The zero-order chi connectivity index (χ0) is 92.0. The van der Waals surface area contributed by atoms with E-state index in [1.165, 1.54) is 65.7 Å². The first-order valence-electron chi connectivity index (χ1n) is 40.9. The molecule has 31 heteroatoms. The fraction of sp³-hybridized carbons (Fsp3) is 0.0594. The van der Waals surface area contributed by atoms with Crippen LogP contribution in [0.1, 0.15) is 50.9 Å². The maximum atomic E-state index is 14.0. The second kappa shape index (κ2) is 36.3. The van der Waals surface area contributed by atoms with Gasteiger partial charge >= 0.3 is 0 Å². The highest BCUT2D eigenvalue weighted by Crippen LogP contribution is 2.51. The Balaban J connectivity index is 0.000000106. The smallest absolute Gasteiger partial charge is 0.279 e. The molecule has 24 rings (SSSR count). The molecule has 0 fully saturated rings. The Bertz CT molecular complexity index is 8280. The predicted octanol–water partition coefficient (Wildman–Crippen LogP) is 28.6. The third-order valence-electron chi connectivity index (χ3n) is 23.2. The third-order valence-corrected chi connectivity index (χ3v) is 33.3. The van der Waals surface area contributed by atoms with Crippen molar-refractivity contribution in [3.8, 4) is 39.3 Å². The van der Waals surface area contributed by atoms with Crippen LogP contribution in [-0.2, 0) is 38.9 Å². The number of imidazole rings is 3. The molecule has 0 saturated carbocycles. The fourth-order valence-electron chi connectivity index (χ4n) is 17.4. The van der Waals surface area contributed by atoms with Crippen molar-refractivity contribution < 1.29 is 31.6 Å². The molecule has 5 aliphatic rings. The Hall–Kier alpha value is -11.9. The van der Waals surface area contributed by atoms with E-state index >= 15 is 0 Å². The Morgan fingerprint density at radius 2 is 0.765 bits per heavy atom. The largest absolute Gasteiger partial charge is 0.398 e. The van der Waals surface area contributed by atoms with Gasteiger partial charge in [0, 0.05) is 105 Å². The minimum Gasteiger partial charge on any atom is -0.398 e. The van der Waals surface area contributed by atoms with E-state index in [0.29, 0.717) is 69.9 Å². The molecule has 652 valence electrons. The number of nitrogens with zero attached hydrogens (tertiary/aromatic N) is 9. The summed E-state index contributed by atoms with van der Waals surface area (Å²) in [6.45, 7) is 5.86. The lowest BCUT2D eigenvalue weighted by Crippen LogP contribution is -2.15. The molecular formula is C101H67Br5N10O10S6. The summed E-state index contributed by atoms with van der Waals surface area (Å²) in [5, 5.41) is 37.6. The zero-order valence-corrected chi connectivity index (χ0v) is 82.4. The minimum atomic E-state index is -3.74. The van der Waals surface area contributed by atoms with E-state index in [-0.39, 0.29) is 34.0 Å². The molecule has 0 radical (unpaired) electrons. The van der Waals surface area contributed by atoms with E-state index in [4.69, 9.17) is 5.73 Å². The average Bonchev–Trinajstić information content (AvgIpc) is 1.45. The van der Waals surface area contributed by atoms with Gasteiger partial charge in [0.05, 0.1) is 84.5 Å². The lowest BCUT2D eigenvalue weighted by molar-refractivity contribution is -0.395. The summed E-state index contributed by atoms with van der Waals surface area (Å²) in [5.41, 5.74) is 23.7. The number of nitrogens with two attached hydrogens (primary N) is 1. The first kappa shape index (κ1) is 89.4. The normalized spacial score (nSPS) is 13.1. The molecule has 19 aromatic rings. The molecule has 3 aromatic heterocycles. The molecule has 5 aliphatic heterocycles. The molecule has 0 bridgehead atoms. The first-order chi connectivity index (χ1) is 63.6. The van der Waals surface area contributed by atoms with Crippen molar-refractivity contribution in [2.24, 2.45) is 0 Å². The number of fused-ring (bicyclic) bond motifs is 12. The Kier molecular flexibility index (Phi) is 24.6. The minimum absolute atomic E-state index is 0.0690. The van der Waals surface area contributed by atoms with Gasteiger partial charge in [-0.15, -0.1) is 12.6 Å². The Morgan fingerprint density at radius 3 is 1.30 bits per heavy atom. The third kappa shape index (κ3) is 16.6. The lowest BCUT2D eigenvalue weighted by atomic mass is 9.86. The van der Waals surface area contributed by atoms with Crippen LogP contribution < -0.4 is 5.73 Å². The van der Waals surface area contributed by atoms with Crippen molar-refractivity contribution >= 4 is 225 Å². The van der Waals surface area contributed by atoms with E-state index in [1.807, 2.05) is 120 Å². The average molecular weight is 2170 g/mol. The van der Waals surface area contributed by atoms with Crippen molar-refractivity contribution in [3.05, 3.63) is 401 Å². The second-order valence-corrected chi connectivity index (χ2v) is 43.3. The lowest BCUT2D eigenvalue weighted by Gasteiger charge is -2.22. The first-order valence-corrected chi connectivity index (χ1v) is 50.7. The van der Waals surface area contributed by atoms with E-state index in [1.54, 1.807) is 90.3 Å². The van der Waals surface area contributed by atoms with Gasteiger partial charge in [0.1, 0.15) is 23.0 Å². The number of sulfone groups is 2. The molecule has 0 unspecified atom stereocenters. The van der Waals surface area contributed by atoms with Crippen LogP contribution in [0.25, 0.3) is 94.0 Å². The van der Waals surface area contributed by atoms with Gasteiger partial charge in [-0.1, -0.05) is 248 Å². The molecule has 0 saturated heterocycles. The number of aromatic nitrogens is 6. The summed E-state index contributed by atoms with van der Waals surface area (Å²) in [6.07, 6.45) is 1.64. The van der Waals surface area contributed by atoms with Gasteiger partial charge in [-0.25, -0.2) is 31.8 Å². The van der Waals surface area contributed by atoms with Gasteiger partial charge in [0.25, 0.3) is 17.1 Å². The number of nitro groups is 3. The topological polar surface area (TPSA) is 277 Å². The Labute approximate surface area is 816 Å². The summed E-state index contributed by atoms with van der Waals surface area (Å²) in [7, 11) is -7.25. The number of aryl methyl sites for hydroxylation is 3. The number of thiol groups is 1. The molecular weight excluding hydrogens is 2110 g/mol. The van der Waals surface area contributed by atoms with Crippen molar-refractivity contribution in [2.75, 3.05) is 5.73 Å². The van der Waals surface area contributed by atoms with E-state index in [9.17, 15) is 47.2 Å². The van der Waals surface area contributed by atoms with Gasteiger partial charge in [0.2, 0.25) is 19.7 Å². The highest BCUT2D eigenvalue weighted by Gasteiger charge is 2.37.